The molecule has 1 aliphatic carbocycles. The van der Waals surface area contributed by atoms with Gasteiger partial charge >= 0.3 is 0 Å². The number of fused-ring (bicyclic) bond motifs is 2. The number of sulfone groups is 1. The normalized spacial score (nSPS) is 21.8. The highest BCUT2D eigenvalue weighted by molar-refractivity contribution is 7.93. The topological polar surface area (TPSA) is 141 Å². The first-order valence-corrected chi connectivity index (χ1v) is 12.0. The first-order valence-electron chi connectivity index (χ1n) is 10.5. The smallest absolute Gasteiger partial charge is 0.261 e. The van der Waals surface area contributed by atoms with Crippen molar-refractivity contribution in [2.75, 3.05) is 5.32 Å². The van der Waals surface area contributed by atoms with Gasteiger partial charge in [-0.1, -0.05) is 0 Å². The summed E-state index contributed by atoms with van der Waals surface area (Å²) in [6.07, 6.45) is 2.73. The molecule has 32 heavy (non-hydrogen) atoms. The number of hydrogen-bond acceptors (Lipinski definition) is 7. The molecule has 1 fully saturated rings. The maximum atomic E-state index is 12.7. The number of rotatable bonds is 5. The molecule has 0 saturated heterocycles. The van der Waals surface area contributed by atoms with E-state index in [1.807, 2.05) is 0 Å². The number of hydrogen-bond donors (Lipinski definition) is 3. The SMILES string of the molecule is CC1(C)[C@H](O)c2cc(Nc3nn(C(CC#N)C4CC4)c4cc[nH]c(=O)c34)ccc2S1(=O)=O. The van der Waals surface area contributed by atoms with Crippen molar-refractivity contribution in [1.82, 2.24) is 14.8 Å². The van der Waals surface area contributed by atoms with Crippen molar-refractivity contribution in [3.05, 3.63) is 46.4 Å². The standard InChI is InChI=1S/C22H23N5O4S/c1-22(2)19(28)14-11-13(5-6-17(14)32(22,30)31)25-20-18-16(8-10-24-21(18)29)27(26-20)15(7-9-23)12-3-4-12/h5-6,8,10-12,15,19,28H,3-4,7H2,1-2H3,(H,24,29)(H,25,26)/t15?,19-/m1/s1. The third-order valence-corrected chi connectivity index (χ3v) is 9.18. The minimum absolute atomic E-state index is 0.108. The molecule has 2 atom stereocenters. The number of aliphatic hydroxyl groups excluding tert-OH is 1. The van der Waals surface area contributed by atoms with E-state index in [1.54, 1.807) is 29.1 Å². The van der Waals surface area contributed by atoms with Crippen molar-refractivity contribution in [1.29, 1.82) is 5.26 Å². The van der Waals surface area contributed by atoms with Gasteiger partial charge in [-0.15, -0.1) is 0 Å². The first-order chi connectivity index (χ1) is 15.2. The molecular weight excluding hydrogens is 430 g/mol. The molecule has 9 nitrogen and oxygen atoms in total. The second-order valence-electron chi connectivity index (χ2n) is 9.01. The third kappa shape index (κ3) is 2.88. The number of anilines is 2. The minimum atomic E-state index is -3.66. The van der Waals surface area contributed by atoms with E-state index in [1.165, 1.54) is 19.9 Å². The lowest BCUT2D eigenvalue weighted by atomic mass is 9.98. The zero-order chi connectivity index (χ0) is 22.8. The van der Waals surface area contributed by atoms with Crippen LogP contribution in [0.25, 0.3) is 10.9 Å². The van der Waals surface area contributed by atoms with E-state index in [2.05, 4.69) is 21.5 Å². The van der Waals surface area contributed by atoms with Crippen LogP contribution in [0.5, 0.6) is 0 Å². The van der Waals surface area contributed by atoms with Gasteiger partial charge in [0.1, 0.15) is 10.1 Å². The lowest BCUT2D eigenvalue weighted by Gasteiger charge is -2.21. The first kappa shape index (κ1) is 20.7. The Labute approximate surface area is 184 Å². The van der Waals surface area contributed by atoms with Crippen LogP contribution >= 0.6 is 0 Å². The molecule has 3 aromatic rings. The summed E-state index contributed by atoms with van der Waals surface area (Å²) in [7, 11) is -3.66. The van der Waals surface area contributed by atoms with E-state index in [9.17, 15) is 23.6 Å². The average Bonchev–Trinajstić information content (AvgIpc) is 3.51. The van der Waals surface area contributed by atoms with E-state index in [0.29, 0.717) is 40.3 Å². The van der Waals surface area contributed by atoms with Crippen LogP contribution in [0.15, 0.2) is 40.2 Å². The molecular formula is C22H23N5O4S. The van der Waals surface area contributed by atoms with Crippen molar-refractivity contribution in [2.45, 2.75) is 54.9 Å². The van der Waals surface area contributed by atoms with Crippen LogP contribution in [0.1, 0.15) is 50.8 Å². The van der Waals surface area contributed by atoms with Crippen molar-refractivity contribution < 1.29 is 13.5 Å². The quantitative estimate of drug-likeness (QED) is 0.539. The average molecular weight is 454 g/mol. The number of aromatic nitrogens is 3. The third-order valence-electron chi connectivity index (χ3n) is 6.62. The van der Waals surface area contributed by atoms with Crippen LogP contribution in [-0.4, -0.2) is 33.0 Å². The Morgan fingerprint density at radius 1 is 1.38 bits per heavy atom. The number of nitriles is 1. The number of aromatic amines is 1. The summed E-state index contributed by atoms with van der Waals surface area (Å²) in [4.78, 5) is 15.4. The van der Waals surface area contributed by atoms with E-state index in [4.69, 9.17) is 0 Å². The molecule has 1 unspecified atom stereocenters. The second-order valence-corrected chi connectivity index (χ2v) is 11.5. The Kier molecular flexibility index (Phi) is 4.48. The predicted octanol–water partition coefficient (Wildman–Crippen LogP) is 2.93. The van der Waals surface area contributed by atoms with Gasteiger partial charge in [-0.05, 0) is 56.9 Å². The van der Waals surface area contributed by atoms with E-state index < -0.39 is 20.7 Å². The van der Waals surface area contributed by atoms with Crippen LogP contribution in [0, 0.1) is 17.2 Å². The number of nitrogens with zero attached hydrogens (tertiary/aromatic N) is 3. The largest absolute Gasteiger partial charge is 0.387 e. The molecule has 0 amide bonds. The highest BCUT2D eigenvalue weighted by atomic mass is 32.2. The summed E-state index contributed by atoms with van der Waals surface area (Å²) in [6.45, 7) is 3.00. The van der Waals surface area contributed by atoms with Gasteiger partial charge < -0.3 is 15.4 Å². The fourth-order valence-electron chi connectivity index (χ4n) is 4.49. The molecule has 0 spiro atoms. The zero-order valence-electron chi connectivity index (χ0n) is 17.7. The van der Waals surface area contributed by atoms with Gasteiger partial charge in [0.25, 0.3) is 5.56 Å². The maximum Gasteiger partial charge on any atom is 0.261 e. The molecule has 3 N–H and O–H groups in total. The number of nitrogens with one attached hydrogen (secondary N) is 2. The maximum absolute atomic E-state index is 12.7. The van der Waals surface area contributed by atoms with Gasteiger partial charge in [-0.25, -0.2) is 8.42 Å². The summed E-state index contributed by atoms with van der Waals surface area (Å²) in [5, 5.41) is 28.1. The molecule has 3 heterocycles. The van der Waals surface area contributed by atoms with Gasteiger partial charge in [0, 0.05) is 17.4 Å². The Balaban J connectivity index is 1.60. The summed E-state index contributed by atoms with van der Waals surface area (Å²) in [5.74, 6) is 0.674. The van der Waals surface area contributed by atoms with Crippen LogP contribution in [-0.2, 0) is 9.84 Å². The summed E-state index contributed by atoms with van der Waals surface area (Å²) in [6, 6.07) is 8.52. The van der Waals surface area contributed by atoms with Crippen LogP contribution in [0.4, 0.5) is 11.5 Å². The molecule has 1 aromatic carbocycles. The van der Waals surface area contributed by atoms with Gasteiger partial charge in [0.2, 0.25) is 0 Å². The Bertz CT molecular complexity index is 1440. The number of benzene rings is 1. The fourth-order valence-corrected chi connectivity index (χ4v) is 6.21. The monoisotopic (exact) mass is 453 g/mol. The summed E-state index contributed by atoms with van der Waals surface area (Å²) >= 11 is 0. The molecule has 2 aromatic heterocycles. The van der Waals surface area contributed by atoms with Crippen LogP contribution < -0.4 is 10.9 Å². The van der Waals surface area contributed by atoms with Crippen LogP contribution in [0.2, 0.25) is 0 Å². The van der Waals surface area contributed by atoms with Crippen molar-refractivity contribution in [2.24, 2.45) is 5.92 Å². The number of pyridine rings is 1. The molecule has 1 aliphatic heterocycles. The summed E-state index contributed by atoms with van der Waals surface area (Å²) in [5.41, 5.74) is 1.15. The predicted molar refractivity (Wildman–Crippen MR) is 118 cm³/mol. The van der Waals surface area contributed by atoms with Crippen molar-refractivity contribution >= 4 is 32.2 Å². The fraction of sp³-hybridized carbons (Fsp3) is 0.409. The number of H-pyrrole nitrogens is 1. The molecule has 0 bridgehead atoms. The molecule has 166 valence electrons. The lowest BCUT2D eigenvalue weighted by Crippen LogP contribution is -2.32. The molecule has 5 rings (SSSR count). The van der Waals surface area contributed by atoms with E-state index in [-0.39, 0.29) is 16.5 Å². The van der Waals surface area contributed by atoms with Gasteiger partial charge in [0.05, 0.1) is 35.0 Å². The van der Waals surface area contributed by atoms with Crippen molar-refractivity contribution in [3.8, 4) is 6.07 Å². The molecule has 10 heteroatoms. The minimum Gasteiger partial charge on any atom is -0.387 e. The highest BCUT2D eigenvalue weighted by Gasteiger charge is 2.51. The van der Waals surface area contributed by atoms with Gasteiger partial charge in [0.15, 0.2) is 15.7 Å². The second kappa shape index (κ2) is 6.92. The number of aliphatic hydroxyl groups is 1. The molecule has 2 aliphatic rings. The Morgan fingerprint density at radius 3 is 2.81 bits per heavy atom. The van der Waals surface area contributed by atoms with Crippen LogP contribution in [0.3, 0.4) is 0 Å². The van der Waals surface area contributed by atoms with Gasteiger partial charge in [-0.2, -0.15) is 10.4 Å². The molecule has 0 radical (unpaired) electrons. The Hall–Kier alpha value is -3.16. The lowest BCUT2D eigenvalue weighted by molar-refractivity contribution is 0.144. The molecule has 1 saturated carbocycles. The Morgan fingerprint density at radius 2 is 2.12 bits per heavy atom. The zero-order valence-corrected chi connectivity index (χ0v) is 18.5. The van der Waals surface area contributed by atoms with Gasteiger partial charge in [-0.3, -0.25) is 9.48 Å². The highest BCUT2D eigenvalue weighted by Crippen LogP contribution is 2.47. The van der Waals surface area contributed by atoms with E-state index >= 15 is 0 Å². The summed E-state index contributed by atoms with van der Waals surface area (Å²) < 4.78 is 25.9. The van der Waals surface area contributed by atoms with E-state index in [0.717, 1.165) is 12.8 Å². The van der Waals surface area contributed by atoms with Crippen molar-refractivity contribution in [3.63, 3.8) is 0 Å².